The van der Waals surface area contributed by atoms with Crippen molar-refractivity contribution in [1.29, 1.82) is 0 Å². The Labute approximate surface area is 146 Å². The van der Waals surface area contributed by atoms with Crippen LogP contribution in [0.15, 0.2) is 36.7 Å². The number of aryl methyl sites for hydroxylation is 1. The molecule has 1 aromatic heterocycles. The first-order valence-electron chi connectivity index (χ1n) is 8.80. The Hall–Kier alpha value is -2.63. The zero-order valence-electron chi connectivity index (χ0n) is 14.3. The monoisotopic (exact) mass is 338 g/mol. The number of benzene rings is 1. The molecule has 0 bridgehead atoms. The first-order valence-corrected chi connectivity index (χ1v) is 8.80. The van der Waals surface area contributed by atoms with Gasteiger partial charge in [0.1, 0.15) is 0 Å². The number of nitrogens with zero attached hydrogens (tertiary/aromatic N) is 3. The summed E-state index contributed by atoms with van der Waals surface area (Å²) in [6.07, 6.45) is 6.07. The highest BCUT2D eigenvalue weighted by molar-refractivity contribution is 6.01. The third kappa shape index (κ3) is 3.04. The normalized spacial score (nSPS) is 23.1. The number of para-hydroxylation sites is 1. The van der Waals surface area contributed by atoms with Gasteiger partial charge in [0.25, 0.3) is 0 Å². The molecule has 1 fully saturated rings. The van der Waals surface area contributed by atoms with Crippen molar-refractivity contribution >= 4 is 17.5 Å². The van der Waals surface area contributed by atoms with Crippen LogP contribution in [0.2, 0.25) is 0 Å². The van der Waals surface area contributed by atoms with Gasteiger partial charge in [-0.05, 0) is 37.0 Å². The van der Waals surface area contributed by atoms with Crippen molar-refractivity contribution in [2.75, 3.05) is 18.4 Å². The lowest BCUT2D eigenvalue weighted by Gasteiger charge is -2.36. The number of amides is 2. The number of aromatic nitrogens is 2. The Kier molecular flexibility index (Phi) is 4.03. The molecule has 1 aromatic carbocycles. The Bertz CT molecular complexity index is 813. The Balaban J connectivity index is 1.55. The highest BCUT2D eigenvalue weighted by Crippen LogP contribution is 2.34. The topological polar surface area (TPSA) is 67.2 Å². The minimum absolute atomic E-state index is 0.0517. The fraction of sp³-hybridized carbons (Fsp3) is 0.421. The van der Waals surface area contributed by atoms with E-state index in [4.69, 9.17) is 0 Å². The van der Waals surface area contributed by atoms with Crippen LogP contribution in [0.3, 0.4) is 0 Å². The summed E-state index contributed by atoms with van der Waals surface area (Å²) in [5.74, 6) is -0.424. The zero-order valence-corrected chi connectivity index (χ0v) is 14.3. The number of hydrogen-bond donors (Lipinski definition) is 1. The molecule has 3 heterocycles. The van der Waals surface area contributed by atoms with E-state index in [0.717, 1.165) is 36.2 Å². The molecule has 0 spiro atoms. The van der Waals surface area contributed by atoms with Gasteiger partial charge in [-0.2, -0.15) is 5.10 Å². The van der Waals surface area contributed by atoms with Crippen LogP contribution in [-0.2, 0) is 9.59 Å². The lowest BCUT2D eigenvalue weighted by molar-refractivity contribution is -0.136. The molecule has 0 radical (unpaired) electrons. The molecule has 2 amide bonds. The van der Waals surface area contributed by atoms with Crippen LogP contribution < -0.4 is 5.32 Å². The van der Waals surface area contributed by atoms with Crippen LogP contribution in [0.25, 0.3) is 0 Å². The van der Waals surface area contributed by atoms with E-state index in [0.29, 0.717) is 6.54 Å². The molecule has 2 aliphatic heterocycles. The predicted molar refractivity (Wildman–Crippen MR) is 94.2 cm³/mol. The summed E-state index contributed by atoms with van der Waals surface area (Å²) in [5.41, 5.74) is 2.80. The molecule has 2 aliphatic rings. The first-order chi connectivity index (χ1) is 12.1. The van der Waals surface area contributed by atoms with Gasteiger partial charge >= 0.3 is 0 Å². The van der Waals surface area contributed by atoms with E-state index in [2.05, 4.69) is 10.4 Å². The minimum Gasteiger partial charge on any atom is -0.340 e. The van der Waals surface area contributed by atoms with Gasteiger partial charge in [0.05, 0.1) is 18.2 Å². The number of carbonyl (C=O) groups is 2. The molecule has 0 aliphatic carbocycles. The fourth-order valence-corrected chi connectivity index (χ4v) is 3.86. The number of piperidine rings is 1. The quantitative estimate of drug-likeness (QED) is 0.915. The van der Waals surface area contributed by atoms with Crippen LogP contribution in [0.1, 0.15) is 42.3 Å². The van der Waals surface area contributed by atoms with Crippen molar-refractivity contribution in [3.05, 3.63) is 47.8 Å². The largest absolute Gasteiger partial charge is 0.340 e. The van der Waals surface area contributed by atoms with Gasteiger partial charge in [-0.25, -0.2) is 0 Å². The van der Waals surface area contributed by atoms with Crippen LogP contribution in [0.4, 0.5) is 5.69 Å². The Morgan fingerprint density at radius 1 is 1.32 bits per heavy atom. The maximum absolute atomic E-state index is 13.2. The number of carbonyl (C=O) groups excluding carboxylic acids is 2. The van der Waals surface area contributed by atoms with E-state index < -0.39 is 0 Å². The fourth-order valence-electron chi connectivity index (χ4n) is 3.86. The number of nitrogens with one attached hydrogen (secondary N) is 1. The first kappa shape index (κ1) is 15.9. The van der Waals surface area contributed by atoms with Gasteiger partial charge in [0.2, 0.25) is 11.8 Å². The highest BCUT2D eigenvalue weighted by atomic mass is 16.2. The minimum atomic E-state index is -0.386. The van der Waals surface area contributed by atoms with E-state index in [1.165, 1.54) is 0 Å². The van der Waals surface area contributed by atoms with Crippen molar-refractivity contribution in [1.82, 2.24) is 14.7 Å². The zero-order chi connectivity index (χ0) is 17.4. The van der Waals surface area contributed by atoms with Gasteiger partial charge < -0.3 is 10.2 Å². The average molecular weight is 338 g/mol. The summed E-state index contributed by atoms with van der Waals surface area (Å²) in [4.78, 5) is 27.1. The molecule has 2 aromatic rings. The summed E-state index contributed by atoms with van der Waals surface area (Å²) in [7, 11) is 0. The summed E-state index contributed by atoms with van der Waals surface area (Å²) >= 11 is 0. The lowest BCUT2D eigenvalue weighted by Crippen LogP contribution is -2.44. The van der Waals surface area contributed by atoms with Gasteiger partial charge in [-0.3, -0.25) is 14.3 Å². The standard InChI is InChI=1S/C19H22N4O2/c1-13-10-20-23(11-13)14-5-4-8-22(12-14)19(25)16-9-18(24)21-17-7-3-2-6-15(16)17/h2-3,6-7,10-11,14,16H,4-5,8-9,12H2,1H3,(H,21,24). The summed E-state index contributed by atoms with van der Waals surface area (Å²) in [6.45, 7) is 3.42. The van der Waals surface area contributed by atoms with Gasteiger partial charge in [0.15, 0.2) is 0 Å². The molecular formula is C19H22N4O2. The second-order valence-corrected chi connectivity index (χ2v) is 6.97. The summed E-state index contributed by atoms with van der Waals surface area (Å²) in [6, 6.07) is 7.80. The SMILES string of the molecule is Cc1cnn(C2CCCN(C(=O)C3CC(=O)Nc4ccccc43)C2)c1. The Morgan fingerprint density at radius 3 is 2.96 bits per heavy atom. The number of fused-ring (bicyclic) bond motifs is 1. The third-order valence-electron chi connectivity index (χ3n) is 5.11. The van der Waals surface area contributed by atoms with Gasteiger partial charge in [-0.15, -0.1) is 0 Å². The van der Waals surface area contributed by atoms with Crippen LogP contribution >= 0.6 is 0 Å². The maximum Gasteiger partial charge on any atom is 0.230 e. The molecule has 6 nitrogen and oxygen atoms in total. The smallest absolute Gasteiger partial charge is 0.230 e. The van der Waals surface area contributed by atoms with Crippen LogP contribution in [0, 0.1) is 6.92 Å². The highest BCUT2D eigenvalue weighted by Gasteiger charge is 2.35. The molecule has 1 N–H and O–H groups in total. The molecular weight excluding hydrogens is 316 g/mol. The van der Waals surface area contributed by atoms with Gasteiger partial charge in [0, 0.05) is 31.4 Å². The summed E-state index contributed by atoms with van der Waals surface area (Å²) in [5, 5.41) is 7.27. The van der Waals surface area contributed by atoms with Crippen molar-refractivity contribution < 1.29 is 9.59 Å². The molecule has 2 unspecified atom stereocenters. The van der Waals surface area contributed by atoms with Crippen molar-refractivity contribution in [3.63, 3.8) is 0 Å². The van der Waals surface area contributed by atoms with Gasteiger partial charge in [-0.1, -0.05) is 18.2 Å². The summed E-state index contributed by atoms with van der Waals surface area (Å²) < 4.78 is 1.97. The van der Waals surface area contributed by atoms with Crippen molar-refractivity contribution in [3.8, 4) is 0 Å². The van der Waals surface area contributed by atoms with Crippen molar-refractivity contribution in [2.24, 2.45) is 0 Å². The Morgan fingerprint density at radius 2 is 2.16 bits per heavy atom. The van der Waals surface area contributed by atoms with Crippen LogP contribution in [0.5, 0.6) is 0 Å². The molecule has 2 atom stereocenters. The van der Waals surface area contributed by atoms with E-state index in [1.807, 2.05) is 53.2 Å². The third-order valence-corrected chi connectivity index (χ3v) is 5.11. The van der Waals surface area contributed by atoms with E-state index in [-0.39, 0.29) is 30.2 Å². The average Bonchev–Trinajstić information content (AvgIpc) is 3.07. The number of rotatable bonds is 2. The number of hydrogen-bond acceptors (Lipinski definition) is 3. The van der Waals surface area contributed by atoms with E-state index >= 15 is 0 Å². The molecule has 0 saturated carbocycles. The molecule has 1 saturated heterocycles. The maximum atomic E-state index is 13.2. The molecule has 25 heavy (non-hydrogen) atoms. The lowest BCUT2D eigenvalue weighted by atomic mass is 9.88. The predicted octanol–water partition coefficient (Wildman–Crippen LogP) is 2.48. The van der Waals surface area contributed by atoms with Crippen molar-refractivity contribution in [2.45, 2.75) is 38.1 Å². The second kappa shape index (κ2) is 6.35. The number of anilines is 1. The molecule has 6 heteroatoms. The second-order valence-electron chi connectivity index (χ2n) is 6.97. The van der Waals surface area contributed by atoms with E-state index in [9.17, 15) is 9.59 Å². The van der Waals surface area contributed by atoms with Crippen LogP contribution in [-0.4, -0.2) is 39.6 Å². The molecule has 4 rings (SSSR count). The molecule has 130 valence electrons. The number of likely N-dealkylation sites (tertiary alicyclic amines) is 1. The van der Waals surface area contributed by atoms with E-state index in [1.54, 1.807) is 0 Å².